The summed E-state index contributed by atoms with van der Waals surface area (Å²) in [6.45, 7) is 1.03. The topological polar surface area (TPSA) is 12.0 Å². The van der Waals surface area contributed by atoms with E-state index >= 15 is 0 Å². The lowest BCUT2D eigenvalue weighted by Crippen LogP contribution is -2.33. The van der Waals surface area contributed by atoms with Gasteiger partial charge in [-0.2, -0.15) is 0 Å². The molecule has 102 valence electrons. The zero-order valence-electron chi connectivity index (χ0n) is 11.4. The first-order chi connectivity index (χ1) is 9.83. The molecule has 2 heteroatoms. The number of benzene rings is 2. The van der Waals surface area contributed by atoms with Gasteiger partial charge >= 0.3 is 0 Å². The Morgan fingerprint density at radius 3 is 2.80 bits per heavy atom. The quantitative estimate of drug-likeness (QED) is 0.762. The zero-order valence-corrected chi connectivity index (χ0v) is 11.4. The van der Waals surface area contributed by atoms with E-state index in [4.69, 9.17) is 0 Å². The van der Waals surface area contributed by atoms with Gasteiger partial charge in [-0.05, 0) is 60.2 Å². The monoisotopic (exact) mass is 267 g/mol. The van der Waals surface area contributed by atoms with Gasteiger partial charge in [0, 0.05) is 12.0 Å². The molecule has 1 nitrogen and oxygen atoms in total. The summed E-state index contributed by atoms with van der Waals surface area (Å²) in [4.78, 5) is 0. The molecule has 2 aromatic carbocycles. The minimum atomic E-state index is -0.124. The number of hydrogen-bond donors (Lipinski definition) is 1. The van der Waals surface area contributed by atoms with E-state index in [2.05, 4.69) is 29.6 Å². The van der Waals surface area contributed by atoms with Crippen LogP contribution in [0.3, 0.4) is 0 Å². The van der Waals surface area contributed by atoms with Crippen molar-refractivity contribution in [3.63, 3.8) is 0 Å². The van der Waals surface area contributed by atoms with Crippen molar-refractivity contribution in [2.45, 2.75) is 31.2 Å². The van der Waals surface area contributed by atoms with Crippen LogP contribution in [-0.2, 0) is 6.42 Å². The van der Waals surface area contributed by atoms with Gasteiger partial charge in [0.1, 0.15) is 5.82 Å². The first kappa shape index (κ1) is 12.1. The molecule has 0 radical (unpaired) electrons. The molecular formula is C18H18FN. The largest absolute Gasteiger partial charge is 0.309 e. The van der Waals surface area contributed by atoms with Crippen LogP contribution in [0.15, 0.2) is 42.5 Å². The normalized spacial score (nSPS) is 24.2. The van der Waals surface area contributed by atoms with Crippen LogP contribution in [0.2, 0.25) is 0 Å². The Bertz CT molecular complexity index is 650. The summed E-state index contributed by atoms with van der Waals surface area (Å²) in [7, 11) is 0. The fourth-order valence-electron chi connectivity index (χ4n) is 3.83. The van der Waals surface area contributed by atoms with Crippen molar-refractivity contribution in [3.05, 3.63) is 70.5 Å². The van der Waals surface area contributed by atoms with E-state index in [9.17, 15) is 4.39 Å². The van der Waals surface area contributed by atoms with Gasteiger partial charge in [0.2, 0.25) is 0 Å². The highest BCUT2D eigenvalue weighted by atomic mass is 19.1. The Kier molecular flexibility index (Phi) is 2.85. The molecule has 0 aromatic heterocycles. The molecule has 1 aliphatic carbocycles. The number of nitrogens with one attached hydrogen (secondary N) is 1. The third kappa shape index (κ3) is 1.87. The number of fused-ring (bicyclic) bond motifs is 5. The number of halogens is 1. The second-order valence-electron chi connectivity index (χ2n) is 5.90. The third-order valence-corrected chi connectivity index (χ3v) is 4.74. The summed E-state index contributed by atoms with van der Waals surface area (Å²) < 4.78 is 13.7. The van der Waals surface area contributed by atoms with E-state index in [0.717, 1.165) is 18.5 Å². The predicted octanol–water partition coefficient (Wildman–Crippen LogP) is 3.94. The summed E-state index contributed by atoms with van der Waals surface area (Å²) in [5, 5.41) is 3.62. The maximum Gasteiger partial charge on any atom is 0.123 e. The van der Waals surface area contributed by atoms with Gasteiger partial charge in [-0.15, -0.1) is 0 Å². The summed E-state index contributed by atoms with van der Waals surface area (Å²) in [6.07, 6.45) is 3.30. The van der Waals surface area contributed by atoms with E-state index < -0.39 is 0 Å². The zero-order chi connectivity index (χ0) is 13.5. The molecule has 20 heavy (non-hydrogen) atoms. The van der Waals surface area contributed by atoms with Crippen LogP contribution >= 0.6 is 0 Å². The Morgan fingerprint density at radius 2 is 1.85 bits per heavy atom. The maximum atomic E-state index is 13.7. The Balaban J connectivity index is 1.92. The summed E-state index contributed by atoms with van der Waals surface area (Å²) in [5.41, 5.74) is 5.27. The van der Waals surface area contributed by atoms with Crippen molar-refractivity contribution in [2.75, 3.05) is 6.54 Å². The highest BCUT2D eigenvalue weighted by molar-refractivity contribution is 5.45. The minimum Gasteiger partial charge on any atom is -0.309 e. The van der Waals surface area contributed by atoms with Crippen LogP contribution < -0.4 is 5.32 Å². The number of hydrogen-bond acceptors (Lipinski definition) is 1. The van der Waals surface area contributed by atoms with Crippen molar-refractivity contribution in [1.82, 2.24) is 5.32 Å². The van der Waals surface area contributed by atoms with Gasteiger partial charge in [0.05, 0.1) is 0 Å². The lowest BCUT2D eigenvalue weighted by atomic mass is 9.81. The molecule has 1 saturated heterocycles. The van der Waals surface area contributed by atoms with Gasteiger partial charge in [0.25, 0.3) is 0 Å². The SMILES string of the molecule is Fc1ccc2c(c1)[C@H]1NCCC[C@@H]1c1ccccc1C2. The lowest BCUT2D eigenvalue weighted by molar-refractivity contribution is 0.358. The van der Waals surface area contributed by atoms with E-state index in [-0.39, 0.29) is 11.9 Å². The second kappa shape index (κ2) is 4.71. The van der Waals surface area contributed by atoms with Crippen LogP contribution in [0, 0.1) is 5.82 Å². The summed E-state index contributed by atoms with van der Waals surface area (Å²) >= 11 is 0. The molecule has 2 aliphatic rings. The molecule has 0 amide bonds. The summed E-state index contributed by atoms with van der Waals surface area (Å²) in [6, 6.07) is 14.3. The number of piperidine rings is 1. The predicted molar refractivity (Wildman–Crippen MR) is 78.4 cm³/mol. The first-order valence-corrected chi connectivity index (χ1v) is 7.42. The smallest absolute Gasteiger partial charge is 0.123 e. The van der Waals surface area contributed by atoms with E-state index in [0.29, 0.717) is 5.92 Å². The van der Waals surface area contributed by atoms with E-state index in [1.165, 1.54) is 29.5 Å². The maximum absolute atomic E-state index is 13.7. The molecule has 2 atom stereocenters. The number of rotatable bonds is 0. The van der Waals surface area contributed by atoms with E-state index in [1.807, 2.05) is 6.07 Å². The Morgan fingerprint density at radius 1 is 1.00 bits per heavy atom. The van der Waals surface area contributed by atoms with Gasteiger partial charge in [-0.25, -0.2) is 4.39 Å². The van der Waals surface area contributed by atoms with Crippen LogP contribution in [-0.4, -0.2) is 6.54 Å². The van der Waals surface area contributed by atoms with Crippen LogP contribution in [0.1, 0.15) is 47.1 Å². The van der Waals surface area contributed by atoms with Crippen LogP contribution in [0.4, 0.5) is 4.39 Å². The molecule has 1 aliphatic heterocycles. The van der Waals surface area contributed by atoms with Crippen molar-refractivity contribution >= 4 is 0 Å². The van der Waals surface area contributed by atoms with Crippen molar-refractivity contribution in [3.8, 4) is 0 Å². The Labute approximate surface area is 118 Å². The molecule has 0 bridgehead atoms. The minimum absolute atomic E-state index is 0.124. The van der Waals surface area contributed by atoms with Crippen LogP contribution in [0.5, 0.6) is 0 Å². The van der Waals surface area contributed by atoms with Crippen molar-refractivity contribution < 1.29 is 4.39 Å². The van der Waals surface area contributed by atoms with Crippen molar-refractivity contribution in [2.24, 2.45) is 0 Å². The second-order valence-corrected chi connectivity index (χ2v) is 5.90. The lowest BCUT2D eigenvalue weighted by Gasteiger charge is -2.33. The van der Waals surface area contributed by atoms with Crippen molar-refractivity contribution in [1.29, 1.82) is 0 Å². The molecule has 2 aromatic rings. The molecule has 0 unspecified atom stereocenters. The molecule has 1 heterocycles. The fraction of sp³-hybridized carbons (Fsp3) is 0.333. The average Bonchev–Trinajstić information content (AvgIpc) is 2.62. The molecular weight excluding hydrogens is 249 g/mol. The van der Waals surface area contributed by atoms with Gasteiger partial charge < -0.3 is 5.32 Å². The summed E-state index contributed by atoms with van der Waals surface area (Å²) in [5.74, 6) is 0.351. The van der Waals surface area contributed by atoms with Gasteiger partial charge in [-0.3, -0.25) is 0 Å². The molecule has 0 spiro atoms. The molecule has 1 fully saturated rings. The van der Waals surface area contributed by atoms with Gasteiger partial charge in [-0.1, -0.05) is 30.3 Å². The molecule has 4 rings (SSSR count). The third-order valence-electron chi connectivity index (χ3n) is 4.74. The van der Waals surface area contributed by atoms with Crippen LogP contribution in [0.25, 0.3) is 0 Å². The average molecular weight is 267 g/mol. The molecule has 1 N–H and O–H groups in total. The van der Waals surface area contributed by atoms with Gasteiger partial charge in [0.15, 0.2) is 0 Å². The highest BCUT2D eigenvalue weighted by Gasteiger charge is 2.32. The standard InChI is InChI=1S/C18H18FN/c19-14-8-7-13-10-12-4-1-2-5-15(12)16-6-3-9-20-18(16)17(13)11-14/h1-2,4-5,7-8,11,16,18,20H,3,6,9-10H2/t16-,18+/m1/s1. The molecule has 0 saturated carbocycles. The fourth-order valence-corrected chi connectivity index (χ4v) is 3.83. The highest BCUT2D eigenvalue weighted by Crippen LogP contribution is 2.43. The first-order valence-electron chi connectivity index (χ1n) is 7.42. The van der Waals surface area contributed by atoms with E-state index in [1.54, 1.807) is 12.1 Å². The Hall–Kier alpha value is -1.67.